The Morgan fingerprint density at radius 3 is 2.35 bits per heavy atom. The van der Waals surface area contributed by atoms with Gasteiger partial charge in [0, 0.05) is 30.3 Å². The third kappa shape index (κ3) is 3.72. The van der Waals surface area contributed by atoms with E-state index in [4.69, 9.17) is 18.9 Å². The number of hydrogen-bond donors (Lipinski definition) is 0. The number of ether oxygens (including phenoxy) is 4. The molecule has 0 amide bonds. The number of rotatable bonds is 4. The lowest BCUT2D eigenvalue weighted by Gasteiger charge is -2.27. The number of hydrogen-bond acceptors (Lipinski definition) is 6. The molecule has 2 aromatic rings. The van der Waals surface area contributed by atoms with Gasteiger partial charge in [0.2, 0.25) is 0 Å². The topological polar surface area (TPSA) is 57.2 Å². The molecular weight excluding hydrogens is 341 g/mol. The highest BCUT2D eigenvalue weighted by Crippen LogP contribution is 2.40. The van der Waals surface area contributed by atoms with Crippen LogP contribution in [0.25, 0.3) is 0 Å². The van der Waals surface area contributed by atoms with Crippen LogP contribution in [0.3, 0.4) is 0 Å². The van der Waals surface area contributed by atoms with Crippen molar-refractivity contribution in [2.75, 3.05) is 27.9 Å². The Bertz CT molecular complexity index is 824. The molecule has 0 radical (unpaired) electrons. The van der Waals surface area contributed by atoms with Crippen LogP contribution < -0.4 is 14.2 Å². The molecular formula is C19H20FNO5. The van der Waals surface area contributed by atoms with Gasteiger partial charge in [-0.05, 0) is 24.3 Å². The second-order valence-electron chi connectivity index (χ2n) is 5.89. The minimum atomic E-state index is -0.369. The van der Waals surface area contributed by atoms with Crippen molar-refractivity contribution in [1.29, 1.82) is 0 Å². The lowest BCUT2D eigenvalue weighted by molar-refractivity contribution is -0.142. The third-order valence-electron chi connectivity index (χ3n) is 4.18. The summed E-state index contributed by atoms with van der Waals surface area (Å²) >= 11 is 0. The van der Waals surface area contributed by atoms with Gasteiger partial charge in [-0.25, -0.2) is 4.39 Å². The Balaban J connectivity index is 2.08. The highest BCUT2D eigenvalue weighted by molar-refractivity contribution is 5.71. The molecule has 1 aliphatic rings. The summed E-state index contributed by atoms with van der Waals surface area (Å²) in [4.78, 5) is 13.6. The Morgan fingerprint density at radius 2 is 1.69 bits per heavy atom. The molecule has 138 valence electrons. The Morgan fingerprint density at radius 1 is 1.04 bits per heavy atom. The molecule has 0 spiro atoms. The first-order valence-electron chi connectivity index (χ1n) is 8.04. The molecule has 1 heterocycles. The number of fused-ring (bicyclic) bond motifs is 2. The van der Waals surface area contributed by atoms with Gasteiger partial charge in [0.05, 0.1) is 27.9 Å². The first-order chi connectivity index (χ1) is 12.5. The molecule has 0 saturated heterocycles. The second-order valence-corrected chi connectivity index (χ2v) is 5.89. The number of esters is 1. The minimum Gasteiger partial charge on any atom is -0.493 e. The van der Waals surface area contributed by atoms with Gasteiger partial charge in [-0.2, -0.15) is 0 Å². The van der Waals surface area contributed by atoms with Crippen LogP contribution in [0.5, 0.6) is 23.0 Å². The fourth-order valence-corrected chi connectivity index (χ4v) is 2.91. The predicted octanol–water partition coefficient (Wildman–Crippen LogP) is 3.12. The maximum atomic E-state index is 13.7. The van der Waals surface area contributed by atoms with Gasteiger partial charge in [0.25, 0.3) is 0 Å². The van der Waals surface area contributed by atoms with E-state index in [1.807, 2.05) is 11.0 Å². The fraction of sp³-hybridized carbons (Fsp3) is 0.316. The average molecular weight is 361 g/mol. The number of carbonyl (C=O) groups excluding carboxylic acids is 1. The highest BCUT2D eigenvalue weighted by atomic mass is 19.1. The molecule has 26 heavy (non-hydrogen) atoms. The van der Waals surface area contributed by atoms with Crippen molar-refractivity contribution < 1.29 is 28.1 Å². The second kappa shape index (κ2) is 7.61. The van der Waals surface area contributed by atoms with Crippen LogP contribution in [0.1, 0.15) is 11.1 Å². The maximum absolute atomic E-state index is 13.7. The first kappa shape index (κ1) is 18.0. The van der Waals surface area contributed by atoms with Crippen LogP contribution in [0, 0.1) is 5.82 Å². The van der Waals surface area contributed by atoms with E-state index < -0.39 is 0 Å². The number of carbonyl (C=O) groups is 1. The molecule has 0 bridgehead atoms. The summed E-state index contributed by atoms with van der Waals surface area (Å²) in [5, 5.41) is 0. The number of methoxy groups -OCH3 is 3. The van der Waals surface area contributed by atoms with Gasteiger partial charge in [-0.3, -0.25) is 9.69 Å². The van der Waals surface area contributed by atoms with E-state index in [1.165, 1.54) is 19.2 Å². The van der Waals surface area contributed by atoms with E-state index >= 15 is 0 Å². The summed E-state index contributed by atoms with van der Waals surface area (Å²) in [6.07, 6.45) is 0. The van der Waals surface area contributed by atoms with Crippen LogP contribution in [-0.2, 0) is 22.6 Å². The lowest BCUT2D eigenvalue weighted by Crippen LogP contribution is -2.31. The van der Waals surface area contributed by atoms with E-state index in [-0.39, 0.29) is 18.3 Å². The van der Waals surface area contributed by atoms with E-state index in [0.717, 1.165) is 5.56 Å². The van der Waals surface area contributed by atoms with Crippen LogP contribution in [0.15, 0.2) is 30.3 Å². The highest BCUT2D eigenvalue weighted by Gasteiger charge is 2.23. The maximum Gasteiger partial charge on any atom is 0.319 e. The minimum absolute atomic E-state index is 0.0697. The summed E-state index contributed by atoms with van der Waals surface area (Å²) in [6, 6.07) is 7.86. The van der Waals surface area contributed by atoms with Crippen molar-refractivity contribution in [3.63, 3.8) is 0 Å². The molecule has 0 fully saturated rings. The molecule has 1 aliphatic heterocycles. The third-order valence-corrected chi connectivity index (χ3v) is 4.18. The largest absolute Gasteiger partial charge is 0.493 e. The van der Waals surface area contributed by atoms with Crippen molar-refractivity contribution in [3.8, 4) is 23.0 Å². The Labute approximate surface area is 151 Å². The van der Waals surface area contributed by atoms with Crippen molar-refractivity contribution in [3.05, 3.63) is 47.3 Å². The van der Waals surface area contributed by atoms with Gasteiger partial charge in [-0.1, -0.05) is 0 Å². The van der Waals surface area contributed by atoms with Gasteiger partial charge < -0.3 is 18.9 Å². The van der Waals surface area contributed by atoms with Gasteiger partial charge in [0.15, 0.2) is 11.5 Å². The molecule has 0 unspecified atom stereocenters. The van der Waals surface area contributed by atoms with Crippen molar-refractivity contribution in [1.82, 2.24) is 4.90 Å². The zero-order chi connectivity index (χ0) is 18.7. The summed E-state index contributed by atoms with van der Waals surface area (Å²) in [6.45, 7) is 0.816. The number of benzene rings is 2. The molecule has 3 rings (SSSR count). The van der Waals surface area contributed by atoms with E-state index in [0.29, 0.717) is 41.7 Å². The van der Waals surface area contributed by atoms with Crippen LogP contribution in [-0.4, -0.2) is 38.7 Å². The zero-order valence-corrected chi connectivity index (χ0v) is 14.9. The van der Waals surface area contributed by atoms with Crippen molar-refractivity contribution in [2.24, 2.45) is 0 Å². The Hall–Kier alpha value is -2.80. The molecule has 0 aromatic heterocycles. The van der Waals surface area contributed by atoms with E-state index in [9.17, 15) is 9.18 Å². The monoisotopic (exact) mass is 361 g/mol. The van der Waals surface area contributed by atoms with Crippen molar-refractivity contribution >= 4 is 5.97 Å². The molecule has 0 saturated carbocycles. The molecule has 0 N–H and O–H groups in total. The zero-order valence-electron chi connectivity index (χ0n) is 14.9. The lowest BCUT2D eigenvalue weighted by atomic mass is 10.1. The molecule has 0 atom stereocenters. The van der Waals surface area contributed by atoms with E-state index in [2.05, 4.69) is 0 Å². The average Bonchev–Trinajstić information content (AvgIpc) is 2.62. The Kier molecular flexibility index (Phi) is 5.27. The summed E-state index contributed by atoms with van der Waals surface area (Å²) in [5.74, 6) is 1.44. The fourth-order valence-electron chi connectivity index (χ4n) is 2.91. The number of nitrogens with zero attached hydrogens (tertiary/aromatic N) is 1. The summed E-state index contributed by atoms with van der Waals surface area (Å²) < 4.78 is 35.2. The quantitative estimate of drug-likeness (QED) is 0.780. The van der Waals surface area contributed by atoms with Gasteiger partial charge >= 0.3 is 5.97 Å². The molecule has 0 aliphatic carbocycles. The normalized spacial score (nSPS) is 13.5. The first-order valence-corrected chi connectivity index (χ1v) is 8.04. The van der Waals surface area contributed by atoms with Crippen molar-refractivity contribution in [2.45, 2.75) is 13.1 Å². The molecule has 2 aromatic carbocycles. The SMILES string of the molecule is COC(=O)CN1Cc2cc(F)ccc2Oc2cc(OC)c(OC)cc2C1. The van der Waals surface area contributed by atoms with Crippen LogP contribution >= 0.6 is 0 Å². The molecule has 7 heteroatoms. The summed E-state index contributed by atoms with van der Waals surface area (Å²) in [5.41, 5.74) is 1.47. The van der Waals surface area contributed by atoms with Gasteiger partial charge in [-0.15, -0.1) is 0 Å². The smallest absolute Gasteiger partial charge is 0.319 e. The predicted molar refractivity (Wildman–Crippen MR) is 92.2 cm³/mol. The van der Waals surface area contributed by atoms with Crippen LogP contribution in [0.2, 0.25) is 0 Å². The standard InChI is InChI=1S/C19H20FNO5/c1-23-17-7-13-10-21(11-19(22)25-3)9-12-6-14(20)4-5-15(12)26-16(13)8-18(17)24-2/h4-8H,9-11H2,1-3H3. The number of halogens is 1. The van der Waals surface area contributed by atoms with Gasteiger partial charge in [0.1, 0.15) is 17.3 Å². The summed E-state index contributed by atoms with van der Waals surface area (Å²) in [7, 11) is 4.43. The molecule has 6 nitrogen and oxygen atoms in total. The van der Waals surface area contributed by atoms with Crippen LogP contribution in [0.4, 0.5) is 4.39 Å². The van der Waals surface area contributed by atoms with E-state index in [1.54, 1.807) is 26.4 Å².